The minimum absolute atomic E-state index is 0.235. The molecule has 0 aromatic heterocycles. The molecular formula is C68H127NO18. The molecule has 12 N–H and O–H groups in total. The molecule has 3 aliphatic heterocycles. The van der Waals surface area contributed by atoms with Crippen LogP contribution in [0.4, 0.5) is 0 Å². The first kappa shape index (κ1) is 79.5. The zero-order valence-electron chi connectivity index (χ0n) is 54.0. The number of unbranched alkanes of at least 4 members (excludes halogenated alkanes) is 36. The molecule has 0 aromatic rings. The Labute approximate surface area is 524 Å². The molecule has 87 heavy (non-hydrogen) atoms. The number of allylic oxidation sites excluding steroid dienone is 3. The van der Waals surface area contributed by atoms with Crippen LogP contribution in [0.15, 0.2) is 24.3 Å². The molecule has 1 amide bonds. The fourth-order valence-electron chi connectivity index (χ4n) is 12.0. The summed E-state index contributed by atoms with van der Waals surface area (Å²) in [4.78, 5) is 13.4. The largest absolute Gasteiger partial charge is 0.394 e. The molecule has 3 fully saturated rings. The molecule has 17 atom stereocenters. The monoisotopic (exact) mass is 1250 g/mol. The van der Waals surface area contributed by atoms with Crippen molar-refractivity contribution in [3.05, 3.63) is 24.3 Å². The van der Waals surface area contributed by atoms with Crippen LogP contribution in [-0.4, -0.2) is 193 Å². The molecule has 512 valence electrons. The summed E-state index contributed by atoms with van der Waals surface area (Å²) in [7, 11) is 0. The van der Waals surface area contributed by atoms with Crippen molar-refractivity contribution in [2.24, 2.45) is 0 Å². The lowest BCUT2D eigenvalue weighted by Crippen LogP contribution is -2.66. The Kier molecular flexibility index (Phi) is 46.4. The van der Waals surface area contributed by atoms with Crippen molar-refractivity contribution in [1.82, 2.24) is 5.32 Å². The number of amides is 1. The van der Waals surface area contributed by atoms with Crippen LogP contribution in [0.5, 0.6) is 0 Å². The minimum Gasteiger partial charge on any atom is -0.394 e. The van der Waals surface area contributed by atoms with E-state index in [1.165, 1.54) is 180 Å². The number of carbonyl (C=O) groups excluding carboxylic acids is 1. The van der Waals surface area contributed by atoms with Gasteiger partial charge in [0.15, 0.2) is 18.9 Å². The summed E-state index contributed by atoms with van der Waals surface area (Å²) >= 11 is 0. The van der Waals surface area contributed by atoms with Gasteiger partial charge in [0.2, 0.25) is 5.91 Å². The number of hydrogen-bond donors (Lipinski definition) is 12. The lowest BCUT2D eigenvalue weighted by Gasteiger charge is -2.48. The molecule has 3 heterocycles. The molecule has 19 heteroatoms. The Balaban J connectivity index is 1.41. The highest BCUT2D eigenvalue weighted by Gasteiger charge is 2.53. The molecule has 19 nitrogen and oxygen atoms in total. The first-order valence-corrected chi connectivity index (χ1v) is 35.1. The Morgan fingerprint density at radius 3 is 1.11 bits per heavy atom. The fourth-order valence-corrected chi connectivity index (χ4v) is 12.0. The van der Waals surface area contributed by atoms with Crippen molar-refractivity contribution in [3.8, 4) is 0 Å². The number of nitrogens with one attached hydrogen (secondary N) is 1. The smallest absolute Gasteiger partial charge is 0.220 e. The second kappa shape index (κ2) is 50.8. The van der Waals surface area contributed by atoms with Gasteiger partial charge in [-0.2, -0.15) is 0 Å². The zero-order chi connectivity index (χ0) is 63.3. The summed E-state index contributed by atoms with van der Waals surface area (Å²) in [5.41, 5.74) is 0. The van der Waals surface area contributed by atoms with Gasteiger partial charge in [-0.1, -0.05) is 244 Å². The van der Waals surface area contributed by atoms with Crippen LogP contribution in [0.2, 0.25) is 0 Å². The molecule has 3 rings (SSSR count). The number of ether oxygens (including phenoxy) is 6. The highest BCUT2D eigenvalue weighted by atomic mass is 16.8. The summed E-state index contributed by atoms with van der Waals surface area (Å²) in [6.45, 7) is 1.74. The summed E-state index contributed by atoms with van der Waals surface area (Å²) < 4.78 is 34.3. The van der Waals surface area contributed by atoms with E-state index in [4.69, 9.17) is 28.4 Å². The third kappa shape index (κ3) is 33.1. The highest BCUT2D eigenvalue weighted by molar-refractivity contribution is 5.76. The Morgan fingerprint density at radius 1 is 0.402 bits per heavy atom. The van der Waals surface area contributed by atoms with Crippen molar-refractivity contribution in [3.63, 3.8) is 0 Å². The fraction of sp³-hybridized carbons (Fsp3) is 0.926. The molecule has 3 saturated heterocycles. The molecule has 0 spiro atoms. The van der Waals surface area contributed by atoms with Crippen molar-refractivity contribution in [1.29, 1.82) is 0 Å². The first-order chi connectivity index (χ1) is 42.3. The standard InChI is InChI=1S/C68H127NO18/c1-3-5-7-9-11-13-15-17-19-20-21-22-23-24-25-26-27-28-29-30-31-32-33-35-37-39-41-43-45-52(73)51(69-56(74)46-44-42-40-38-36-34-18-16-14-12-10-8-6-4-2)50-82-66-62(80)59(77)64(54(48-71)84-66)87-68-63(81)60(78)65(55(49-72)85-68)86-67-61(79)58(76)57(75)53(47-70)83-67/h16,18,43,45,51-55,57-68,70-73,75-81H,3-15,17,19-42,44,46-50H2,1-2H3,(H,69,74)/b18-16-,45-43+. The van der Waals surface area contributed by atoms with Gasteiger partial charge in [0.1, 0.15) is 73.2 Å². The third-order valence-corrected chi connectivity index (χ3v) is 17.7. The van der Waals surface area contributed by atoms with E-state index < -0.39 is 124 Å². The Bertz CT molecular complexity index is 1680. The molecule has 0 bridgehead atoms. The van der Waals surface area contributed by atoms with E-state index in [0.717, 1.165) is 64.2 Å². The van der Waals surface area contributed by atoms with Gasteiger partial charge in [-0.3, -0.25) is 4.79 Å². The predicted molar refractivity (Wildman–Crippen MR) is 337 cm³/mol. The molecule has 3 aliphatic rings. The van der Waals surface area contributed by atoms with Gasteiger partial charge in [0.05, 0.1) is 38.6 Å². The van der Waals surface area contributed by atoms with Crippen molar-refractivity contribution in [2.75, 3.05) is 26.4 Å². The van der Waals surface area contributed by atoms with Gasteiger partial charge in [0, 0.05) is 6.42 Å². The molecule has 0 aromatic carbocycles. The van der Waals surface area contributed by atoms with Crippen LogP contribution in [0.25, 0.3) is 0 Å². The van der Waals surface area contributed by atoms with Crippen LogP contribution in [0.3, 0.4) is 0 Å². The molecule has 17 unspecified atom stereocenters. The van der Waals surface area contributed by atoms with E-state index in [1.807, 2.05) is 6.08 Å². The van der Waals surface area contributed by atoms with Gasteiger partial charge < -0.3 is 89.9 Å². The van der Waals surface area contributed by atoms with Gasteiger partial charge in [0.25, 0.3) is 0 Å². The Hall–Kier alpha value is -1.73. The number of hydrogen-bond acceptors (Lipinski definition) is 18. The Morgan fingerprint density at radius 2 is 0.724 bits per heavy atom. The maximum atomic E-state index is 13.4. The molecule has 0 radical (unpaired) electrons. The van der Waals surface area contributed by atoms with Crippen LogP contribution in [0.1, 0.15) is 271 Å². The summed E-state index contributed by atoms with van der Waals surface area (Å²) in [5, 5.41) is 120. The number of aliphatic hydroxyl groups excluding tert-OH is 11. The van der Waals surface area contributed by atoms with Crippen molar-refractivity contribution in [2.45, 2.75) is 375 Å². The minimum atomic E-state index is -1.98. The van der Waals surface area contributed by atoms with Crippen LogP contribution >= 0.6 is 0 Å². The van der Waals surface area contributed by atoms with Crippen LogP contribution in [0, 0.1) is 0 Å². The molecule has 0 saturated carbocycles. The van der Waals surface area contributed by atoms with E-state index in [2.05, 4.69) is 31.3 Å². The topological polar surface area (TPSA) is 307 Å². The second-order valence-corrected chi connectivity index (χ2v) is 25.3. The maximum Gasteiger partial charge on any atom is 0.220 e. The first-order valence-electron chi connectivity index (χ1n) is 35.1. The van der Waals surface area contributed by atoms with Crippen LogP contribution < -0.4 is 5.32 Å². The highest BCUT2D eigenvalue weighted by Crippen LogP contribution is 2.33. The molecular weight excluding hydrogens is 1120 g/mol. The molecule has 0 aliphatic carbocycles. The summed E-state index contributed by atoms with van der Waals surface area (Å²) in [6, 6.07) is -0.976. The summed E-state index contributed by atoms with van der Waals surface area (Å²) in [5.74, 6) is -0.282. The lowest BCUT2D eigenvalue weighted by molar-refractivity contribution is -0.379. The van der Waals surface area contributed by atoms with Gasteiger partial charge in [-0.25, -0.2) is 0 Å². The van der Waals surface area contributed by atoms with Gasteiger partial charge in [-0.15, -0.1) is 0 Å². The SMILES string of the molecule is CCCCCCC/C=C\CCCCCCCC(=O)NC(COC1OC(CO)C(OC2OC(CO)C(OC3OC(CO)C(O)C(O)C3O)C(O)C2O)C(O)C1O)C(O)/C=C/CCCCCCCCCCCCCCCCCCCCCCCCCCCC. The van der Waals surface area contributed by atoms with E-state index >= 15 is 0 Å². The van der Waals surface area contributed by atoms with Gasteiger partial charge >= 0.3 is 0 Å². The van der Waals surface area contributed by atoms with E-state index in [1.54, 1.807) is 6.08 Å². The van der Waals surface area contributed by atoms with E-state index in [0.29, 0.717) is 6.42 Å². The number of carbonyl (C=O) groups is 1. The quantitative estimate of drug-likeness (QED) is 0.0200. The second-order valence-electron chi connectivity index (χ2n) is 25.3. The number of rotatable bonds is 54. The van der Waals surface area contributed by atoms with Crippen LogP contribution in [-0.2, 0) is 33.2 Å². The van der Waals surface area contributed by atoms with Crippen molar-refractivity contribution < 1.29 is 89.4 Å². The summed E-state index contributed by atoms with van der Waals surface area (Å²) in [6.07, 6.45) is 30.3. The maximum absolute atomic E-state index is 13.4. The normalized spacial score (nSPS) is 28.7. The average molecular weight is 1250 g/mol. The lowest BCUT2D eigenvalue weighted by atomic mass is 9.96. The van der Waals surface area contributed by atoms with Gasteiger partial charge in [-0.05, 0) is 44.9 Å². The average Bonchev–Trinajstić information content (AvgIpc) is 2.96. The van der Waals surface area contributed by atoms with E-state index in [-0.39, 0.29) is 18.9 Å². The van der Waals surface area contributed by atoms with Crippen molar-refractivity contribution >= 4 is 5.91 Å². The third-order valence-electron chi connectivity index (χ3n) is 17.7. The zero-order valence-corrected chi connectivity index (χ0v) is 54.0. The number of aliphatic hydroxyl groups is 11. The predicted octanol–water partition coefficient (Wildman–Crippen LogP) is 9.05. The van der Waals surface area contributed by atoms with E-state index in [9.17, 15) is 61.0 Å².